The summed E-state index contributed by atoms with van der Waals surface area (Å²) in [6.07, 6.45) is 0.881. The van der Waals surface area contributed by atoms with Crippen LogP contribution >= 0.6 is 22.7 Å². The van der Waals surface area contributed by atoms with Crippen molar-refractivity contribution in [2.45, 2.75) is 27.2 Å². The van der Waals surface area contributed by atoms with Gasteiger partial charge in [0.05, 0.1) is 23.8 Å². The number of amides is 2. The van der Waals surface area contributed by atoms with E-state index < -0.39 is 0 Å². The molecule has 0 radical (unpaired) electrons. The molecule has 0 aliphatic carbocycles. The molecule has 2 N–H and O–H groups in total. The number of rotatable bonds is 4. The number of ether oxygens (including phenoxy) is 1. The van der Waals surface area contributed by atoms with E-state index in [1.807, 2.05) is 13.0 Å². The first kappa shape index (κ1) is 18.8. The number of anilines is 1. The number of thiazole rings is 1. The molecule has 26 heavy (non-hydrogen) atoms. The van der Waals surface area contributed by atoms with Gasteiger partial charge in [-0.1, -0.05) is 18.3 Å². The van der Waals surface area contributed by atoms with E-state index in [2.05, 4.69) is 27.7 Å². The number of nitrogens with one attached hydrogen (secondary N) is 2. The van der Waals surface area contributed by atoms with Crippen LogP contribution in [-0.2, 0) is 11.2 Å². The molecule has 0 saturated carbocycles. The highest BCUT2D eigenvalue weighted by Gasteiger charge is 2.21. The molecule has 2 aromatic rings. The van der Waals surface area contributed by atoms with E-state index in [1.54, 1.807) is 6.92 Å². The molecule has 2 amide bonds. The lowest BCUT2D eigenvalue weighted by Gasteiger charge is -2.25. The Bertz CT molecular complexity index is 809. The predicted molar refractivity (Wildman–Crippen MR) is 103 cm³/mol. The summed E-state index contributed by atoms with van der Waals surface area (Å²) in [4.78, 5) is 33.5. The lowest BCUT2D eigenvalue weighted by molar-refractivity contribution is 0.0850. The van der Waals surface area contributed by atoms with Gasteiger partial charge >= 0.3 is 0 Å². The summed E-state index contributed by atoms with van der Waals surface area (Å²) in [6.45, 7) is 8.70. The van der Waals surface area contributed by atoms with Crippen LogP contribution in [0.3, 0.4) is 0 Å². The van der Waals surface area contributed by atoms with Gasteiger partial charge in [0.15, 0.2) is 5.13 Å². The topological polar surface area (TPSA) is 83.6 Å². The van der Waals surface area contributed by atoms with Crippen molar-refractivity contribution < 1.29 is 14.3 Å². The third kappa shape index (κ3) is 4.05. The summed E-state index contributed by atoms with van der Waals surface area (Å²) < 4.78 is 5.34. The van der Waals surface area contributed by atoms with E-state index in [9.17, 15) is 9.59 Å². The highest BCUT2D eigenvalue weighted by molar-refractivity contribution is 7.17. The number of hydrazine groups is 1. The number of morpholine rings is 1. The molecular formula is C17H22N4O3S2. The molecule has 0 bridgehead atoms. The van der Waals surface area contributed by atoms with Gasteiger partial charge in [0.25, 0.3) is 11.8 Å². The minimum Gasteiger partial charge on any atom is -0.378 e. The van der Waals surface area contributed by atoms with Crippen molar-refractivity contribution in [1.82, 2.24) is 15.8 Å². The molecule has 0 atom stereocenters. The lowest BCUT2D eigenvalue weighted by Crippen LogP contribution is -2.41. The monoisotopic (exact) mass is 394 g/mol. The molecule has 1 saturated heterocycles. The van der Waals surface area contributed by atoms with Crippen LogP contribution < -0.4 is 15.8 Å². The lowest BCUT2D eigenvalue weighted by atomic mass is 10.2. The van der Waals surface area contributed by atoms with Crippen molar-refractivity contribution in [3.63, 3.8) is 0 Å². The molecule has 0 aromatic carbocycles. The molecule has 7 nitrogen and oxygen atoms in total. The molecule has 3 heterocycles. The maximum Gasteiger partial charge on any atom is 0.281 e. The van der Waals surface area contributed by atoms with Gasteiger partial charge in [-0.25, -0.2) is 4.98 Å². The number of nitrogens with zero attached hydrogens (tertiary/aromatic N) is 2. The average molecular weight is 395 g/mol. The third-order valence-electron chi connectivity index (χ3n) is 4.19. The summed E-state index contributed by atoms with van der Waals surface area (Å²) in [7, 11) is 0. The van der Waals surface area contributed by atoms with Crippen LogP contribution in [0.4, 0.5) is 5.13 Å². The average Bonchev–Trinajstić information content (AvgIpc) is 3.23. The van der Waals surface area contributed by atoms with Gasteiger partial charge in [-0.3, -0.25) is 20.4 Å². The zero-order valence-corrected chi connectivity index (χ0v) is 16.7. The van der Waals surface area contributed by atoms with E-state index in [0.717, 1.165) is 35.1 Å². The van der Waals surface area contributed by atoms with Crippen molar-refractivity contribution in [1.29, 1.82) is 0 Å². The number of hydrogen-bond donors (Lipinski definition) is 2. The van der Waals surface area contributed by atoms with Crippen molar-refractivity contribution in [3.05, 3.63) is 32.0 Å². The Morgan fingerprint density at radius 3 is 2.54 bits per heavy atom. The van der Waals surface area contributed by atoms with E-state index in [4.69, 9.17) is 4.74 Å². The van der Waals surface area contributed by atoms with Gasteiger partial charge in [-0.15, -0.1) is 11.3 Å². The van der Waals surface area contributed by atoms with E-state index >= 15 is 0 Å². The number of carbonyl (C=O) groups excluding carboxylic acids is 2. The SMILES string of the molecule is CCc1cc(C(=O)NNC(=O)c2sc(N3CCOCC3)nc2C)sc1C. The highest BCUT2D eigenvalue weighted by Crippen LogP contribution is 2.26. The zero-order valence-electron chi connectivity index (χ0n) is 15.0. The number of thiophene rings is 1. The van der Waals surface area contributed by atoms with Crippen LogP contribution in [0.5, 0.6) is 0 Å². The van der Waals surface area contributed by atoms with Crippen LogP contribution in [0.15, 0.2) is 6.07 Å². The van der Waals surface area contributed by atoms with Gasteiger partial charge in [-0.05, 0) is 31.9 Å². The van der Waals surface area contributed by atoms with E-state index in [0.29, 0.717) is 28.7 Å². The van der Waals surface area contributed by atoms with Crippen molar-refractivity contribution in [2.75, 3.05) is 31.2 Å². The highest BCUT2D eigenvalue weighted by atomic mass is 32.1. The predicted octanol–water partition coefficient (Wildman–Crippen LogP) is 2.30. The number of carbonyl (C=O) groups is 2. The molecule has 1 aliphatic heterocycles. The van der Waals surface area contributed by atoms with Crippen LogP contribution in [0.25, 0.3) is 0 Å². The Kier molecular flexibility index (Phi) is 5.90. The summed E-state index contributed by atoms with van der Waals surface area (Å²) in [6, 6.07) is 1.87. The minimum atomic E-state index is -0.350. The van der Waals surface area contributed by atoms with E-state index in [-0.39, 0.29) is 11.8 Å². The summed E-state index contributed by atoms with van der Waals surface area (Å²) in [5.74, 6) is -0.654. The number of aromatic nitrogens is 1. The summed E-state index contributed by atoms with van der Waals surface area (Å²) >= 11 is 2.76. The first-order chi connectivity index (χ1) is 12.5. The second-order valence-corrected chi connectivity index (χ2v) is 8.20. The van der Waals surface area contributed by atoms with Crippen molar-refractivity contribution in [2.24, 2.45) is 0 Å². The Morgan fingerprint density at radius 2 is 1.88 bits per heavy atom. The normalized spacial score (nSPS) is 14.3. The number of hydrogen-bond acceptors (Lipinski definition) is 7. The van der Waals surface area contributed by atoms with Crippen LogP contribution in [0.2, 0.25) is 0 Å². The standard InChI is InChI=1S/C17H22N4O3S2/c1-4-12-9-13(25-11(12)3)15(22)19-20-16(23)14-10(2)18-17(26-14)21-5-7-24-8-6-21/h9H,4-8H2,1-3H3,(H,19,22)(H,20,23). The molecule has 2 aromatic heterocycles. The smallest absolute Gasteiger partial charge is 0.281 e. The number of aryl methyl sites for hydroxylation is 3. The Balaban J connectivity index is 1.62. The van der Waals surface area contributed by atoms with Gasteiger partial charge in [-0.2, -0.15) is 0 Å². The van der Waals surface area contributed by atoms with Gasteiger partial charge in [0.2, 0.25) is 0 Å². The summed E-state index contributed by atoms with van der Waals surface area (Å²) in [5.41, 5.74) is 6.80. The quantitative estimate of drug-likeness (QED) is 0.778. The maximum atomic E-state index is 12.4. The second-order valence-electron chi connectivity index (χ2n) is 5.96. The van der Waals surface area contributed by atoms with Crippen LogP contribution in [0, 0.1) is 13.8 Å². The van der Waals surface area contributed by atoms with Gasteiger partial charge in [0, 0.05) is 18.0 Å². The van der Waals surface area contributed by atoms with Crippen molar-refractivity contribution in [3.8, 4) is 0 Å². The molecule has 0 spiro atoms. The largest absolute Gasteiger partial charge is 0.378 e. The zero-order chi connectivity index (χ0) is 18.7. The fourth-order valence-electron chi connectivity index (χ4n) is 2.70. The molecule has 140 valence electrons. The van der Waals surface area contributed by atoms with Gasteiger partial charge < -0.3 is 9.64 Å². The molecular weight excluding hydrogens is 372 g/mol. The first-order valence-corrected chi connectivity index (χ1v) is 10.1. The van der Waals surface area contributed by atoms with Crippen LogP contribution in [0.1, 0.15) is 42.4 Å². The summed E-state index contributed by atoms with van der Waals surface area (Å²) in [5, 5.41) is 0.809. The molecule has 0 unspecified atom stereocenters. The Labute approximate surface area is 160 Å². The second kappa shape index (κ2) is 8.15. The fourth-order valence-corrected chi connectivity index (χ4v) is 4.72. The van der Waals surface area contributed by atoms with Crippen molar-refractivity contribution >= 4 is 39.6 Å². The molecule has 1 fully saturated rings. The minimum absolute atomic E-state index is 0.304. The Hall–Kier alpha value is -1.97. The third-order valence-corrected chi connectivity index (χ3v) is 6.50. The molecule has 3 rings (SSSR count). The first-order valence-electron chi connectivity index (χ1n) is 8.49. The van der Waals surface area contributed by atoms with Crippen LogP contribution in [-0.4, -0.2) is 43.1 Å². The van der Waals surface area contributed by atoms with E-state index in [1.165, 1.54) is 22.7 Å². The maximum absolute atomic E-state index is 12.4. The molecule has 9 heteroatoms. The molecule has 1 aliphatic rings. The Morgan fingerprint density at radius 1 is 1.19 bits per heavy atom. The fraction of sp³-hybridized carbons (Fsp3) is 0.471. The van der Waals surface area contributed by atoms with Gasteiger partial charge in [0.1, 0.15) is 4.88 Å².